The number of hydrogen-bond acceptors (Lipinski definition) is 4. The van der Waals surface area contributed by atoms with Crippen LogP contribution >= 0.6 is 11.8 Å². The van der Waals surface area contributed by atoms with Crippen LogP contribution in [0.15, 0.2) is 0 Å². The molecule has 20 heavy (non-hydrogen) atoms. The maximum Gasteiger partial charge on any atom is 0.329 e. The standard InChI is InChI=1S/C13H20N2O4S/c1-2-4-13(12(18)19)5-3-6-15(13)10(16)7-14-9-20-8-11(14)17/h2-9H2,1H3,(H,18,19). The average molecular weight is 300 g/mol. The minimum Gasteiger partial charge on any atom is -0.479 e. The summed E-state index contributed by atoms with van der Waals surface area (Å²) in [6.45, 7) is 2.40. The number of thioether (sulfide) groups is 1. The van der Waals surface area contributed by atoms with E-state index in [1.807, 2.05) is 6.92 Å². The summed E-state index contributed by atoms with van der Waals surface area (Å²) in [5, 5.41) is 9.55. The molecule has 0 radical (unpaired) electrons. The van der Waals surface area contributed by atoms with Crippen molar-refractivity contribution in [1.29, 1.82) is 0 Å². The number of amides is 2. The van der Waals surface area contributed by atoms with Gasteiger partial charge in [0.05, 0.1) is 11.6 Å². The van der Waals surface area contributed by atoms with E-state index >= 15 is 0 Å². The molecule has 0 saturated carbocycles. The van der Waals surface area contributed by atoms with Gasteiger partial charge in [-0.1, -0.05) is 13.3 Å². The van der Waals surface area contributed by atoms with Gasteiger partial charge in [0.1, 0.15) is 12.1 Å². The zero-order chi connectivity index (χ0) is 14.8. The van der Waals surface area contributed by atoms with Gasteiger partial charge in [0.15, 0.2) is 0 Å². The molecule has 7 heteroatoms. The number of carboxylic acid groups (broad SMARTS) is 1. The van der Waals surface area contributed by atoms with Gasteiger partial charge in [-0.25, -0.2) is 4.79 Å². The monoisotopic (exact) mass is 300 g/mol. The Morgan fingerprint density at radius 2 is 2.20 bits per heavy atom. The van der Waals surface area contributed by atoms with Gasteiger partial charge < -0.3 is 14.9 Å². The first kappa shape index (κ1) is 15.2. The predicted octanol–water partition coefficient (Wildman–Crippen LogP) is 0.765. The Hall–Kier alpha value is -1.24. The van der Waals surface area contributed by atoms with Gasteiger partial charge in [-0.2, -0.15) is 0 Å². The molecule has 2 amide bonds. The molecule has 0 aromatic carbocycles. The molecule has 2 aliphatic heterocycles. The molecule has 112 valence electrons. The molecule has 0 aromatic heterocycles. The van der Waals surface area contributed by atoms with Crippen LogP contribution in [0.3, 0.4) is 0 Å². The summed E-state index contributed by atoms with van der Waals surface area (Å²) >= 11 is 1.48. The van der Waals surface area contributed by atoms with Crippen LogP contribution in [-0.4, -0.2) is 62.9 Å². The highest BCUT2D eigenvalue weighted by atomic mass is 32.2. The van der Waals surface area contributed by atoms with Gasteiger partial charge in [0, 0.05) is 6.54 Å². The zero-order valence-electron chi connectivity index (χ0n) is 11.6. The van der Waals surface area contributed by atoms with Crippen LogP contribution < -0.4 is 0 Å². The Balaban J connectivity index is 2.10. The normalized spacial score (nSPS) is 26.4. The minimum absolute atomic E-state index is 0.00454. The summed E-state index contributed by atoms with van der Waals surface area (Å²) in [5.74, 6) is -0.279. The lowest BCUT2D eigenvalue weighted by atomic mass is 9.90. The van der Waals surface area contributed by atoms with Crippen LogP contribution in [0.2, 0.25) is 0 Å². The third kappa shape index (κ3) is 2.63. The summed E-state index contributed by atoms with van der Waals surface area (Å²) in [6.07, 6.45) is 2.40. The van der Waals surface area contributed by atoms with Crippen molar-refractivity contribution in [2.45, 2.75) is 38.1 Å². The van der Waals surface area contributed by atoms with E-state index in [-0.39, 0.29) is 18.4 Å². The highest BCUT2D eigenvalue weighted by Crippen LogP contribution is 2.34. The second-order valence-corrected chi connectivity index (χ2v) is 6.26. The number of likely N-dealkylation sites (tertiary alicyclic amines) is 1. The molecule has 2 rings (SSSR count). The van der Waals surface area contributed by atoms with Gasteiger partial charge >= 0.3 is 5.97 Å². The molecule has 1 unspecified atom stereocenters. The molecule has 6 nitrogen and oxygen atoms in total. The Bertz CT molecular complexity index is 429. The molecule has 0 spiro atoms. The second kappa shape index (κ2) is 6.03. The van der Waals surface area contributed by atoms with Crippen molar-refractivity contribution in [2.24, 2.45) is 0 Å². The lowest BCUT2D eigenvalue weighted by Gasteiger charge is -2.35. The third-order valence-electron chi connectivity index (χ3n) is 4.00. The molecule has 2 fully saturated rings. The number of rotatable bonds is 5. The number of carboxylic acids is 1. The molecule has 0 aromatic rings. The topological polar surface area (TPSA) is 77.9 Å². The van der Waals surface area contributed by atoms with Crippen LogP contribution in [-0.2, 0) is 14.4 Å². The second-order valence-electron chi connectivity index (χ2n) is 5.30. The van der Waals surface area contributed by atoms with Gasteiger partial charge in [-0.15, -0.1) is 11.8 Å². The fourth-order valence-corrected chi connectivity index (χ4v) is 3.94. The van der Waals surface area contributed by atoms with Crippen LogP contribution in [0, 0.1) is 0 Å². The highest BCUT2D eigenvalue weighted by Gasteiger charge is 2.49. The Labute approximate surface area is 122 Å². The van der Waals surface area contributed by atoms with Crippen LogP contribution in [0.5, 0.6) is 0 Å². The number of aliphatic carboxylic acids is 1. The van der Waals surface area contributed by atoms with Crippen molar-refractivity contribution in [1.82, 2.24) is 9.80 Å². The lowest BCUT2D eigenvalue weighted by molar-refractivity contribution is -0.157. The van der Waals surface area contributed by atoms with Crippen molar-refractivity contribution in [3.8, 4) is 0 Å². The van der Waals surface area contributed by atoms with Crippen LogP contribution in [0.4, 0.5) is 0 Å². The smallest absolute Gasteiger partial charge is 0.329 e. The maximum absolute atomic E-state index is 12.4. The largest absolute Gasteiger partial charge is 0.479 e. The summed E-state index contributed by atoms with van der Waals surface area (Å²) in [5.41, 5.74) is -1.07. The minimum atomic E-state index is -1.07. The van der Waals surface area contributed by atoms with E-state index in [4.69, 9.17) is 0 Å². The molecule has 0 aliphatic carbocycles. The molecular formula is C13H20N2O4S. The molecule has 1 atom stereocenters. The predicted molar refractivity (Wildman–Crippen MR) is 75.3 cm³/mol. The molecule has 2 saturated heterocycles. The van der Waals surface area contributed by atoms with Gasteiger partial charge in [-0.3, -0.25) is 9.59 Å². The van der Waals surface area contributed by atoms with E-state index < -0.39 is 11.5 Å². The van der Waals surface area contributed by atoms with Crippen molar-refractivity contribution < 1.29 is 19.5 Å². The molecular weight excluding hydrogens is 280 g/mol. The summed E-state index contributed by atoms with van der Waals surface area (Å²) in [4.78, 5) is 38.6. The number of hydrogen-bond donors (Lipinski definition) is 1. The lowest BCUT2D eigenvalue weighted by Crippen LogP contribution is -2.55. The van der Waals surface area contributed by atoms with E-state index in [1.165, 1.54) is 21.6 Å². The molecule has 0 bridgehead atoms. The van der Waals surface area contributed by atoms with E-state index in [9.17, 15) is 19.5 Å². The SMILES string of the molecule is CCCC1(C(=O)O)CCCN1C(=O)CN1CSCC1=O. The van der Waals surface area contributed by atoms with Crippen molar-refractivity contribution in [2.75, 3.05) is 24.7 Å². The van der Waals surface area contributed by atoms with Crippen molar-refractivity contribution in [3.63, 3.8) is 0 Å². The van der Waals surface area contributed by atoms with E-state index in [2.05, 4.69) is 0 Å². The number of nitrogens with zero attached hydrogens (tertiary/aromatic N) is 2. The zero-order valence-corrected chi connectivity index (χ0v) is 12.4. The fourth-order valence-electron chi connectivity index (χ4n) is 3.03. The first-order chi connectivity index (χ1) is 9.51. The van der Waals surface area contributed by atoms with E-state index in [0.717, 1.165) is 0 Å². The summed E-state index contributed by atoms with van der Waals surface area (Å²) < 4.78 is 0. The Kier molecular flexibility index (Phi) is 4.57. The van der Waals surface area contributed by atoms with Gasteiger partial charge in [-0.05, 0) is 19.3 Å². The Morgan fingerprint density at radius 1 is 1.45 bits per heavy atom. The highest BCUT2D eigenvalue weighted by molar-refractivity contribution is 8.00. The fraction of sp³-hybridized carbons (Fsp3) is 0.769. The van der Waals surface area contributed by atoms with Gasteiger partial charge in [0.2, 0.25) is 11.8 Å². The summed E-state index contributed by atoms with van der Waals surface area (Å²) in [7, 11) is 0. The Morgan fingerprint density at radius 3 is 2.75 bits per heavy atom. The van der Waals surface area contributed by atoms with E-state index in [0.29, 0.717) is 43.9 Å². The van der Waals surface area contributed by atoms with Gasteiger partial charge in [0.25, 0.3) is 0 Å². The number of carbonyl (C=O) groups is 3. The van der Waals surface area contributed by atoms with E-state index in [1.54, 1.807) is 0 Å². The van der Waals surface area contributed by atoms with Crippen molar-refractivity contribution in [3.05, 3.63) is 0 Å². The first-order valence-electron chi connectivity index (χ1n) is 6.90. The van der Waals surface area contributed by atoms with Crippen molar-refractivity contribution >= 4 is 29.5 Å². The van der Waals surface area contributed by atoms with Crippen LogP contribution in [0.25, 0.3) is 0 Å². The maximum atomic E-state index is 12.4. The third-order valence-corrected chi connectivity index (χ3v) is 4.95. The first-order valence-corrected chi connectivity index (χ1v) is 8.06. The summed E-state index contributed by atoms with van der Waals surface area (Å²) in [6, 6.07) is 0. The molecule has 1 N–H and O–H groups in total. The number of carbonyl (C=O) groups excluding carboxylic acids is 2. The molecule has 2 aliphatic rings. The quantitative estimate of drug-likeness (QED) is 0.811. The molecule has 2 heterocycles. The average Bonchev–Trinajstić information content (AvgIpc) is 2.98. The van der Waals surface area contributed by atoms with Crippen LogP contribution in [0.1, 0.15) is 32.6 Å².